The number of nitrogens with two attached hydrogens (primary N) is 1. The molecule has 2 N–H and O–H groups in total. The van der Waals surface area contributed by atoms with E-state index in [9.17, 15) is 0 Å². The van der Waals surface area contributed by atoms with Gasteiger partial charge in [-0.2, -0.15) is 0 Å². The lowest BCUT2D eigenvalue weighted by molar-refractivity contribution is 0.128. The predicted octanol–water partition coefficient (Wildman–Crippen LogP) is 3.99. The average Bonchev–Trinajstić information content (AvgIpc) is 2.25. The lowest BCUT2D eigenvalue weighted by Crippen LogP contribution is -2.24. The van der Waals surface area contributed by atoms with Gasteiger partial charge in [0, 0.05) is 5.69 Å². The van der Waals surface area contributed by atoms with Crippen molar-refractivity contribution in [3.63, 3.8) is 0 Å². The number of halogens is 1. The van der Waals surface area contributed by atoms with Crippen molar-refractivity contribution < 1.29 is 4.74 Å². The normalized spacial score (nSPS) is 25.4. The molecule has 88 valence electrons. The van der Waals surface area contributed by atoms with E-state index in [1.54, 1.807) is 0 Å². The van der Waals surface area contributed by atoms with Gasteiger partial charge in [-0.3, -0.25) is 0 Å². The van der Waals surface area contributed by atoms with E-state index in [-0.39, 0.29) is 0 Å². The van der Waals surface area contributed by atoms with Gasteiger partial charge in [-0.1, -0.05) is 19.4 Å². The Morgan fingerprint density at radius 3 is 2.94 bits per heavy atom. The first-order valence-electron chi connectivity index (χ1n) is 5.87. The van der Waals surface area contributed by atoms with E-state index in [0.29, 0.717) is 6.10 Å². The Balaban J connectivity index is 2.05. The van der Waals surface area contributed by atoms with Crippen molar-refractivity contribution in [2.75, 3.05) is 5.73 Å². The molecule has 1 saturated carbocycles. The van der Waals surface area contributed by atoms with Crippen molar-refractivity contribution in [1.29, 1.82) is 0 Å². The van der Waals surface area contributed by atoms with Crippen molar-refractivity contribution in [1.82, 2.24) is 0 Å². The highest BCUT2D eigenvalue weighted by atomic mass is 79.9. The first-order chi connectivity index (χ1) is 7.66. The zero-order valence-electron chi connectivity index (χ0n) is 9.58. The molecule has 0 spiro atoms. The molecule has 1 aromatic rings. The summed E-state index contributed by atoms with van der Waals surface area (Å²) in [5, 5.41) is 0. The van der Waals surface area contributed by atoms with Gasteiger partial charge in [0.15, 0.2) is 0 Å². The van der Waals surface area contributed by atoms with Gasteiger partial charge in [0.25, 0.3) is 0 Å². The lowest BCUT2D eigenvalue weighted by atomic mass is 9.89. The third kappa shape index (κ3) is 2.70. The van der Waals surface area contributed by atoms with Crippen LogP contribution in [0.2, 0.25) is 0 Å². The molecule has 3 heteroatoms. The summed E-state index contributed by atoms with van der Waals surface area (Å²) in [6, 6.07) is 5.78. The van der Waals surface area contributed by atoms with E-state index in [2.05, 4.69) is 22.9 Å². The number of ether oxygens (including phenoxy) is 1. The fourth-order valence-electron chi connectivity index (χ4n) is 2.28. The van der Waals surface area contributed by atoms with Gasteiger partial charge >= 0.3 is 0 Å². The topological polar surface area (TPSA) is 35.2 Å². The van der Waals surface area contributed by atoms with Gasteiger partial charge in [0.1, 0.15) is 5.75 Å². The van der Waals surface area contributed by atoms with Crippen molar-refractivity contribution >= 4 is 21.6 Å². The monoisotopic (exact) mass is 283 g/mol. The Hall–Kier alpha value is -0.700. The van der Waals surface area contributed by atoms with Crippen LogP contribution in [0.4, 0.5) is 5.69 Å². The summed E-state index contributed by atoms with van der Waals surface area (Å²) >= 11 is 3.47. The van der Waals surface area contributed by atoms with Crippen molar-refractivity contribution in [2.24, 2.45) is 5.92 Å². The maximum atomic E-state index is 6.01. The zero-order chi connectivity index (χ0) is 11.5. The van der Waals surface area contributed by atoms with Crippen LogP contribution in [0, 0.1) is 5.92 Å². The van der Waals surface area contributed by atoms with Crippen LogP contribution in [0.15, 0.2) is 22.7 Å². The van der Waals surface area contributed by atoms with Crippen LogP contribution >= 0.6 is 15.9 Å². The molecule has 0 aromatic heterocycles. The molecule has 0 bridgehead atoms. The van der Waals surface area contributed by atoms with Crippen LogP contribution in [-0.4, -0.2) is 6.10 Å². The Kier molecular flexibility index (Phi) is 3.74. The van der Waals surface area contributed by atoms with Crippen LogP contribution in [0.3, 0.4) is 0 Å². The van der Waals surface area contributed by atoms with Crippen LogP contribution in [0.1, 0.15) is 32.6 Å². The highest BCUT2D eigenvalue weighted by Crippen LogP contribution is 2.34. The van der Waals surface area contributed by atoms with Gasteiger partial charge < -0.3 is 10.5 Å². The third-order valence-electron chi connectivity index (χ3n) is 3.18. The third-order valence-corrected chi connectivity index (χ3v) is 4.02. The van der Waals surface area contributed by atoms with Crippen LogP contribution in [0.5, 0.6) is 5.75 Å². The van der Waals surface area contributed by atoms with Crippen molar-refractivity contribution in [3.8, 4) is 5.75 Å². The first-order valence-corrected chi connectivity index (χ1v) is 6.66. The number of rotatable bonds is 2. The van der Waals surface area contributed by atoms with E-state index < -0.39 is 0 Å². The molecule has 1 aliphatic carbocycles. The molecule has 2 nitrogen and oxygen atoms in total. The Morgan fingerprint density at radius 1 is 1.38 bits per heavy atom. The summed E-state index contributed by atoms with van der Waals surface area (Å²) in [6.07, 6.45) is 5.26. The summed E-state index contributed by atoms with van der Waals surface area (Å²) in [5.41, 5.74) is 6.56. The number of anilines is 1. The zero-order valence-corrected chi connectivity index (χ0v) is 11.2. The summed E-state index contributed by atoms with van der Waals surface area (Å²) in [6.45, 7) is 2.30. The Labute approximate surface area is 105 Å². The standard InChI is InChI=1S/C13H18BrNO/c1-9-4-2-5-10(8-9)16-12-7-3-6-11(15)13(12)14/h3,6-7,9-10H,2,4-5,8,15H2,1H3. The largest absolute Gasteiger partial charge is 0.489 e. The molecular weight excluding hydrogens is 266 g/mol. The number of nitrogen functional groups attached to an aromatic ring is 1. The van der Waals surface area contributed by atoms with E-state index >= 15 is 0 Å². The van der Waals surface area contributed by atoms with E-state index in [1.807, 2.05) is 18.2 Å². The number of hydrogen-bond donors (Lipinski definition) is 1. The second-order valence-corrected chi connectivity index (χ2v) is 5.46. The minimum absolute atomic E-state index is 0.349. The van der Waals surface area contributed by atoms with Gasteiger partial charge in [0.2, 0.25) is 0 Å². The van der Waals surface area contributed by atoms with Gasteiger partial charge in [-0.05, 0) is 53.2 Å². The second-order valence-electron chi connectivity index (χ2n) is 4.67. The summed E-state index contributed by atoms with van der Waals surface area (Å²) in [4.78, 5) is 0. The lowest BCUT2D eigenvalue weighted by Gasteiger charge is -2.27. The molecular formula is C13H18BrNO. The maximum Gasteiger partial charge on any atom is 0.135 e. The van der Waals surface area contributed by atoms with Gasteiger partial charge in [-0.15, -0.1) is 0 Å². The average molecular weight is 284 g/mol. The summed E-state index contributed by atoms with van der Waals surface area (Å²) in [5.74, 6) is 1.65. The number of hydrogen-bond acceptors (Lipinski definition) is 2. The minimum atomic E-state index is 0.349. The molecule has 1 aliphatic rings. The highest BCUT2D eigenvalue weighted by molar-refractivity contribution is 9.10. The van der Waals surface area contributed by atoms with Gasteiger partial charge in [0.05, 0.1) is 10.6 Å². The summed E-state index contributed by atoms with van der Waals surface area (Å²) < 4.78 is 6.89. The number of benzene rings is 1. The fourth-order valence-corrected chi connectivity index (χ4v) is 2.64. The SMILES string of the molecule is CC1CCCC(Oc2cccc(N)c2Br)C1. The summed E-state index contributed by atoms with van der Waals surface area (Å²) in [7, 11) is 0. The maximum absolute atomic E-state index is 6.01. The molecule has 2 rings (SSSR count). The van der Waals surface area contributed by atoms with Crippen LogP contribution in [-0.2, 0) is 0 Å². The molecule has 1 fully saturated rings. The smallest absolute Gasteiger partial charge is 0.135 e. The Bertz CT molecular complexity index is 367. The molecule has 1 aromatic carbocycles. The second kappa shape index (κ2) is 5.09. The van der Waals surface area contributed by atoms with Crippen molar-refractivity contribution in [2.45, 2.75) is 38.7 Å². The fraction of sp³-hybridized carbons (Fsp3) is 0.538. The van der Waals surface area contributed by atoms with E-state index in [4.69, 9.17) is 10.5 Å². The Morgan fingerprint density at radius 2 is 2.19 bits per heavy atom. The molecule has 0 amide bonds. The molecule has 16 heavy (non-hydrogen) atoms. The molecule has 2 unspecified atom stereocenters. The quantitative estimate of drug-likeness (QED) is 0.833. The minimum Gasteiger partial charge on any atom is -0.489 e. The highest BCUT2D eigenvalue weighted by Gasteiger charge is 2.21. The van der Waals surface area contributed by atoms with Crippen LogP contribution < -0.4 is 10.5 Å². The molecule has 0 heterocycles. The molecule has 0 saturated heterocycles. The van der Waals surface area contributed by atoms with E-state index in [1.165, 1.54) is 12.8 Å². The van der Waals surface area contributed by atoms with Crippen LogP contribution in [0.25, 0.3) is 0 Å². The van der Waals surface area contributed by atoms with Crippen molar-refractivity contribution in [3.05, 3.63) is 22.7 Å². The first kappa shape index (κ1) is 11.8. The van der Waals surface area contributed by atoms with E-state index in [0.717, 1.165) is 34.7 Å². The predicted molar refractivity (Wildman–Crippen MR) is 70.6 cm³/mol. The molecule has 0 aliphatic heterocycles. The molecule has 0 radical (unpaired) electrons. The molecule has 2 atom stereocenters. The van der Waals surface area contributed by atoms with Gasteiger partial charge in [-0.25, -0.2) is 0 Å².